The van der Waals surface area contributed by atoms with Gasteiger partial charge in [-0.1, -0.05) is 6.92 Å². The lowest BCUT2D eigenvalue weighted by Gasteiger charge is -2.29. The van der Waals surface area contributed by atoms with E-state index in [0.717, 1.165) is 24.2 Å². The van der Waals surface area contributed by atoms with Crippen molar-refractivity contribution in [1.29, 1.82) is 0 Å². The Morgan fingerprint density at radius 1 is 1.24 bits per heavy atom. The van der Waals surface area contributed by atoms with Gasteiger partial charge in [0.15, 0.2) is 0 Å². The van der Waals surface area contributed by atoms with Gasteiger partial charge in [-0.05, 0) is 43.4 Å². The first-order valence-electron chi connectivity index (χ1n) is 8.70. The molecule has 0 bridgehead atoms. The lowest BCUT2D eigenvalue weighted by atomic mass is 10.0. The van der Waals surface area contributed by atoms with E-state index < -0.39 is 0 Å². The number of fused-ring (bicyclic) bond motifs is 1. The minimum atomic E-state index is -0.354. The average Bonchev–Trinajstić information content (AvgIpc) is 3.13. The Kier molecular flexibility index (Phi) is 4.90. The Balaban J connectivity index is 1.87. The van der Waals surface area contributed by atoms with Gasteiger partial charge in [0, 0.05) is 32.3 Å². The van der Waals surface area contributed by atoms with Crippen molar-refractivity contribution >= 4 is 17.7 Å². The van der Waals surface area contributed by atoms with Crippen LogP contribution in [0.5, 0.6) is 0 Å². The number of amides is 3. The Morgan fingerprint density at radius 3 is 2.60 bits per heavy atom. The lowest BCUT2D eigenvalue weighted by Crippen LogP contribution is -2.41. The molecule has 1 saturated carbocycles. The second kappa shape index (κ2) is 6.96. The third-order valence-corrected chi connectivity index (χ3v) is 5.24. The van der Waals surface area contributed by atoms with Gasteiger partial charge in [-0.2, -0.15) is 0 Å². The Bertz CT molecular complexity index is 715. The number of imide groups is 1. The fraction of sp³-hybridized carbons (Fsp3) is 0.526. The molecule has 1 aromatic carbocycles. The van der Waals surface area contributed by atoms with Gasteiger partial charge >= 0.3 is 0 Å². The highest BCUT2D eigenvalue weighted by Gasteiger charge is 2.35. The average molecular weight is 344 g/mol. The van der Waals surface area contributed by atoms with Crippen LogP contribution in [0.15, 0.2) is 18.2 Å². The number of benzene rings is 1. The molecule has 1 aliphatic carbocycles. The van der Waals surface area contributed by atoms with Crippen LogP contribution in [0.2, 0.25) is 0 Å². The zero-order valence-corrected chi connectivity index (χ0v) is 14.9. The topological polar surface area (TPSA) is 66.9 Å². The number of rotatable bonds is 5. The molecular formula is C19H24N2O4. The highest BCUT2D eigenvalue weighted by atomic mass is 16.5. The summed E-state index contributed by atoms with van der Waals surface area (Å²) in [7, 11) is 3.08. The first-order valence-corrected chi connectivity index (χ1v) is 8.70. The summed E-state index contributed by atoms with van der Waals surface area (Å²) >= 11 is 0. The van der Waals surface area contributed by atoms with Crippen molar-refractivity contribution in [2.24, 2.45) is 5.92 Å². The molecule has 1 aromatic rings. The fourth-order valence-corrected chi connectivity index (χ4v) is 3.76. The minimum Gasteiger partial charge on any atom is -0.383 e. The number of carbonyl (C=O) groups excluding carboxylic acids is 3. The maximum absolute atomic E-state index is 13.1. The maximum atomic E-state index is 13.1. The number of methoxy groups -OCH3 is 1. The highest BCUT2D eigenvalue weighted by Crippen LogP contribution is 2.30. The van der Waals surface area contributed by atoms with Gasteiger partial charge in [0.1, 0.15) is 0 Å². The van der Waals surface area contributed by atoms with E-state index >= 15 is 0 Å². The van der Waals surface area contributed by atoms with Crippen molar-refractivity contribution in [2.45, 2.75) is 32.2 Å². The van der Waals surface area contributed by atoms with Crippen LogP contribution >= 0.6 is 0 Å². The molecule has 134 valence electrons. The van der Waals surface area contributed by atoms with Gasteiger partial charge in [0.05, 0.1) is 17.7 Å². The Hall–Kier alpha value is -2.21. The summed E-state index contributed by atoms with van der Waals surface area (Å²) in [6.45, 7) is 3.20. The van der Waals surface area contributed by atoms with Gasteiger partial charge in [-0.3, -0.25) is 19.3 Å². The Morgan fingerprint density at radius 2 is 1.96 bits per heavy atom. The standard InChI is InChI=1S/C19H24N2O4/c1-12-4-6-14(10-12)21(8-9-25-3)17(22)13-5-7-15-16(11-13)19(24)20(2)18(15)23/h5,7,11-12,14H,4,6,8-10H2,1-3H3. The molecule has 0 radical (unpaired) electrons. The van der Waals surface area contributed by atoms with Crippen molar-refractivity contribution in [3.8, 4) is 0 Å². The first-order chi connectivity index (χ1) is 11.9. The SMILES string of the molecule is COCCN(C(=O)c1ccc2c(c1)C(=O)N(C)C2=O)C1CCC(C)C1. The third-order valence-electron chi connectivity index (χ3n) is 5.24. The fourth-order valence-electron chi connectivity index (χ4n) is 3.76. The van der Waals surface area contributed by atoms with Gasteiger partial charge in [-0.25, -0.2) is 0 Å². The van der Waals surface area contributed by atoms with E-state index in [9.17, 15) is 14.4 Å². The molecule has 1 heterocycles. The van der Waals surface area contributed by atoms with E-state index in [0.29, 0.717) is 35.8 Å². The third kappa shape index (κ3) is 3.18. The monoisotopic (exact) mass is 344 g/mol. The number of carbonyl (C=O) groups is 3. The smallest absolute Gasteiger partial charge is 0.261 e. The van der Waals surface area contributed by atoms with Gasteiger partial charge < -0.3 is 9.64 Å². The first kappa shape index (κ1) is 17.6. The molecule has 1 aliphatic heterocycles. The van der Waals surface area contributed by atoms with Crippen LogP contribution in [-0.4, -0.2) is 60.9 Å². The van der Waals surface area contributed by atoms with E-state index in [-0.39, 0.29) is 23.8 Å². The number of hydrogen-bond donors (Lipinski definition) is 0. The molecule has 25 heavy (non-hydrogen) atoms. The zero-order chi connectivity index (χ0) is 18.1. The molecular weight excluding hydrogens is 320 g/mol. The van der Waals surface area contributed by atoms with E-state index in [1.807, 2.05) is 4.90 Å². The molecule has 2 unspecified atom stereocenters. The maximum Gasteiger partial charge on any atom is 0.261 e. The van der Waals surface area contributed by atoms with Gasteiger partial charge in [0.2, 0.25) is 0 Å². The summed E-state index contributed by atoms with van der Waals surface area (Å²) in [6.07, 6.45) is 3.09. The molecule has 6 nitrogen and oxygen atoms in total. The molecule has 0 aromatic heterocycles. The van der Waals surface area contributed by atoms with Crippen LogP contribution in [-0.2, 0) is 4.74 Å². The normalized spacial score (nSPS) is 22.4. The van der Waals surface area contributed by atoms with E-state index in [1.165, 1.54) is 7.05 Å². The highest BCUT2D eigenvalue weighted by molar-refractivity contribution is 6.21. The number of nitrogens with zero attached hydrogens (tertiary/aromatic N) is 2. The van der Waals surface area contributed by atoms with Crippen molar-refractivity contribution < 1.29 is 19.1 Å². The van der Waals surface area contributed by atoms with Crippen molar-refractivity contribution in [3.63, 3.8) is 0 Å². The Labute approximate surface area is 147 Å². The van der Waals surface area contributed by atoms with Gasteiger partial charge in [0.25, 0.3) is 17.7 Å². The molecule has 3 rings (SSSR count). The number of ether oxygens (including phenoxy) is 1. The molecule has 2 atom stereocenters. The molecule has 0 saturated heterocycles. The molecule has 6 heteroatoms. The van der Waals surface area contributed by atoms with E-state index in [2.05, 4.69) is 6.92 Å². The predicted octanol–water partition coefficient (Wildman–Crippen LogP) is 2.19. The summed E-state index contributed by atoms with van der Waals surface area (Å²) in [5.41, 5.74) is 1.12. The van der Waals surface area contributed by atoms with Crippen LogP contribution in [0, 0.1) is 5.92 Å². The van der Waals surface area contributed by atoms with Crippen molar-refractivity contribution in [3.05, 3.63) is 34.9 Å². The quantitative estimate of drug-likeness (QED) is 0.768. The second-order valence-electron chi connectivity index (χ2n) is 6.99. The summed E-state index contributed by atoms with van der Waals surface area (Å²) in [6, 6.07) is 4.98. The van der Waals surface area contributed by atoms with E-state index in [1.54, 1.807) is 25.3 Å². The van der Waals surface area contributed by atoms with Crippen LogP contribution < -0.4 is 0 Å². The molecule has 2 aliphatic rings. The van der Waals surface area contributed by atoms with E-state index in [4.69, 9.17) is 4.74 Å². The second-order valence-corrected chi connectivity index (χ2v) is 6.99. The van der Waals surface area contributed by atoms with Crippen LogP contribution in [0.4, 0.5) is 0 Å². The summed E-state index contributed by atoms with van der Waals surface area (Å²) in [5, 5.41) is 0. The zero-order valence-electron chi connectivity index (χ0n) is 14.9. The van der Waals surface area contributed by atoms with Crippen molar-refractivity contribution in [2.75, 3.05) is 27.3 Å². The number of hydrogen-bond acceptors (Lipinski definition) is 4. The summed E-state index contributed by atoms with van der Waals surface area (Å²) in [4.78, 5) is 40.2. The summed E-state index contributed by atoms with van der Waals surface area (Å²) in [5.74, 6) is -0.170. The molecule has 1 fully saturated rings. The lowest BCUT2D eigenvalue weighted by molar-refractivity contribution is 0.0602. The summed E-state index contributed by atoms with van der Waals surface area (Å²) < 4.78 is 5.16. The van der Waals surface area contributed by atoms with Crippen LogP contribution in [0.3, 0.4) is 0 Å². The molecule has 0 spiro atoms. The minimum absolute atomic E-state index is 0.103. The molecule has 0 N–H and O–H groups in total. The predicted molar refractivity (Wildman–Crippen MR) is 92.6 cm³/mol. The largest absolute Gasteiger partial charge is 0.383 e. The molecule has 3 amide bonds. The van der Waals surface area contributed by atoms with Crippen LogP contribution in [0.25, 0.3) is 0 Å². The van der Waals surface area contributed by atoms with Crippen LogP contribution in [0.1, 0.15) is 57.3 Å². The van der Waals surface area contributed by atoms with Gasteiger partial charge in [-0.15, -0.1) is 0 Å². The van der Waals surface area contributed by atoms with Crippen molar-refractivity contribution in [1.82, 2.24) is 9.80 Å².